The molecule has 12 rings (SSSR count). The van der Waals surface area contributed by atoms with Gasteiger partial charge in [0.15, 0.2) is 0 Å². The van der Waals surface area contributed by atoms with Gasteiger partial charge in [-0.25, -0.2) is 4.98 Å². The fourth-order valence-corrected chi connectivity index (χ4v) is 8.55. The van der Waals surface area contributed by atoms with E-state index in [2.05, 4.69) is 130 Å². The number of nitrogens with zero attached hydrogens (tertiary/aromatic N) is 4. The van der Waals surface area contributed by atoms with Gasteiger partial charge in [0.1, 0.15) is 5.58 Å². The minimum Gasteiger partial charge on any atom is -0.437 e. The maximum atomic E-state index is 6.45. The predicted molar refractivity (Wildman–Crippen MR) is 200 cm³/mol. The van der Waals surface area contributed by atoms with Crippen LogP contribution in [0.4, 0.5) is 0 Å². The van der Waals surface area contributed by atoms with Gasteiger partial charge in [-0.2, -0.15) is 4.98 Å². The third-order valence-corrected chi connectivity index (χ3v) is 10.5. The fourth-order valence-electron chi connectivity index (χ4n) is 8.55. The predicted octanol–water partition coefficient (Wildman–Crippen LogP) is 11.4. The molecule has 0 unspecified atom stereocenters. The summed E-state index contributed by atoms with van der Waals surface area (Å²) in [5.74, 6) is 0.593. The number of rotatable bonds is 3. The molecule has 5 heteroatoms. The number of para-hydroxylation sites is 2. The van der Waals surface area contributed by atoms with Crippen molar-refractivity contribution in [1.29, 1.82) is 0 Å². The lowest BCUT2D eigenvalue weighted by Crippen LogP contribution is -2.03. The molecule has 0 N–H and O–H groups in total. The summed E-state index contributed by atoms with van der Waals surface area (Å²) in [6.45, 7) is 0. The topological polar surface area (TPSA) is 48.8 Å². The molecular weight excluding hydrogens is 601 g/mol. The number of fused-ring (bicyclic) bond motifs is 4. The Bertz CT molecular complexity index is 3200. The van der Waals surface area contributed by atoms with E-state index in [0.717, 1.165) is 44.3 Å². The molecule has 5 nitrogen and oxygen atoms in total. The highest BCUT2D eigenvalue weighted by atomic mass is 16.3. The summed E-state index contributed by atoms with van der Waals surface area (Å²) in [6.07, 6.45) is 0. The van der Waals surface area contributed by atoms with Crippen molar-refractivity contribution in [2.45, 2.75) is 0 Å². The van der Waals surface area contributed by atoms with Crippen molar-refractivity contribution in [3.8, 4) is 34.0 Å². The highest BCUT2D eigenvalue weighted by Crippen LogP contribution is 2.51. The van der Waals surface area contributed by atoms with Crippen LogP contribution in [-0.4, -0.2) is 19.1 Å². The van der Waals surface area contributed by atoms with Crippen LogP contribution in [0.3, 0.4) is 0 Å². The molecule has 0 saturated heterocycles. The quantitative estimate of drug-likeness (QED) is 0.196. The lowest BCUT2D eigenvalue weighted by atomic mass is 9.98. The molecule has 0 bridgehead atoms. The Labute approximate surface area is 278 Å². The van der Waals surface area contributed by atoms with Gasteiger partial charge in [-0.15, -0.1) is 0 Å². The van der Waals surface area contributed by atoms with E-state index in [1.807, 2.05) is 24.3 Å². The van der Waals surface area contributed by atoms with Gasteiger partial charge >= 0.3 is 0 Å². The van der Waals surface area contributed by atoms with Gasteiger partial charge in [-0.1, -0.05) is 103 Å². The molecule has 0 spiro atoms. The highest BCUT2D eigenvalue weighted by molar-refractivity contribution is 6.38. The zero-order chi connectivity index (χ0) is 31.8. The normalized spacial score (nSPS) is 12.5. The summed E-state index contributed by atoms with van der Waals surface area (Å²) in [5.41, 5.74) is 11.4. The summed E-state index contributed by atoms with van der Waals surface area (Å²) < 4.78 is 11.1. The van der Waals surface area contributed by atoms with Gasteiger partial charge in [-0.05, 0) is 59.0 Å². The Kier molecular flexibility index (Phi) is 4.66. The Morgan fingerprint density at radius 3 is 1.78 bits per heavy atom. The molecule has 1 aliphatic rings. The van der Waals surface area contributed by atoms with E-state index < -0.39 is 0 Å². The second-order valence-electron chi connectivity index (χ2n) is 12.9. The third kappa shape index (κ3) is 3.15. The van der Waals surface area contributed by atoms with E-state index >= 15 is 0 Å². The summed E-state index contributed by atoms with van der Waals surface area (Å²) in [6, 6.07) is 51.6. The van der Waals surface area contributed by atoms with Crippen molar-refractivity contribution < 1.29 is 4.42 Å². The van der Waals surface area contributed by atoms with Crippen LogP contribution in [0, 0.1) is 0 Å². The van der Waals surface area contributed by atoms with Crippen LogP contribution in [0.2, 0.25) is 0 Å². The standard InChI is InChI=1S/C44H24N4O/c1-3-11-26(12-4-1)42-39-30-15-7-8-20-35(30)49-43(39)46-44(45-42)48-32-19-10-17-29-28-16-9-18-31-37(28)40-33(47(31)27-13-5-2-6-14-27)23-21-25-22-24-34(48)41(36(25)40)38(29)32/h1-24H. The molecule has 49 heavy (non-hydrogen) atoms. The number of hydrogen-bond acceptors (Lipinski definition) is 3. The average Bonchev–Trinajstić information content (AvgIpc) is 3.79. The molecule has 0 radical (unpaired) electrons. The lowest BCUT2D eigenvalue weighted by molar-refractivity contribution is 0.651. The van der Waals surface area contributed by atoms with Gasteiger partial charge in [0, 0.05) is 43.6 Å². The number of benzene rings is 7. The minimum absolute atomic E-state index is 0.582. The molecule has 0 saturated carbocycles. The van der Waals surface area contributed by atoms with Crippen molar-refractivity contribution in [3.63, 3.8) is 0 Å². The van der Waals surface area contributed by atoms with Crippen molar-refractivity contribution in [3.05, 3.63) is 146 Å². The molecule has 7 aromatic carbocycles. The monoisotopic (exact) mass is 624 g/mol. The van der Waals surface area contributed by atoms with Crippen LogP contribution < -0.4 is 0 Å². The Morgan fingerprint density at radius 1 is 0.429 bits per heavy atom. The van der Waals surface area contributed by atoms with E-state index in [0.29, 0.717) is 11.7 Å². The third-order valence-electron chi connectivity index (χ3n) is 10.5. The fraction of sp³-hybridized carbons (Fsp3) is 0. The van der Waals surface area contributed by atoms with Crippen LogP contribution in [0.15, 0.2) is 150 Å². The van der Waals surface area contributed by atoms with Crippen molar-refractivity contribution in [1.82, 2.24) is 19.1 Å². The SMILES string of the molecule is c1ccc(-c2nc(-n3c4cccc5c4c4c6c(ccc7c6c6c-5cccc6n7-c5ccccc5)ccc43)nc3oc4ccccc4c23)cc1. The summed E-state index contributed by atoms with van der Waals surface area (Å²) in [4.78, 5) is 10.6. The Hall–Kier alpha value is -6.72. The summed E-state index contributed by atoms with van der Waals surface area (Å²) in [7, 11) is 0. The first-order chi connectivity index (χ1) is 24.3. The molecule has 1 aliphatic carbocycles. The number of furan rings is 1. The average molecular weight is 625 g/mol. The Balaban J connectivity index is 1.28. The summed E-state index contributed by atoms with van der Waals surface area (Å²) >= 11 is 0. The molecule has 11 aromatic rings. The van der Waals surface area contributed by atoms with Crippen LogP contribution in [0.5, 0.6) is 0 Å². The maximum Gasteiger partial charge on any atom is 0.238 e. The smallest absolute Gasteiger partial charge is 0.238 e. The van der Waals surface area contributed by atoms with E-state index in [-0.39, 0.29) is 0 Å². The second-order valence-corrected chi connectivity index (χ2v) is 12.9. The summed E-state index contributed by atoms with van der Waals surface area (Å²) in [5, 5.41) is 9.46. The minimum atomic E-state index is 0.582. The van der Waals surface area contributed by atoms with E-state index in [9.17, 15) is 0 Å². The van der Waals surface area contributed by atoms with Crippen molar-refractivity contribution in [2.24, 2.45) is 0 Å². The van der Waals surface area contributed by atoms with E-state index in [1.54, 1.807) is 0 Å². The van der Waals surface area contributed by atoms with Crippen LogP contribution in [-0.2, 0) is 0 Å². The molecule has 4 aromatic heterocycles. The number of hydrogen-bond donors (Lipinski definition) is 0. The van der Waals surface area contributed by atoms with Gasteiger partial charge in [0.05, 0.1) is 33.1 Å². The van der Waals surface area contributed by atoms with Crippen LogP contribution >= 0.6 is 0 Å². The molecule has 226 valence electrons. The van der Waals surface area contributed by atoms with E-state index in [1.165, 1.54) is 54.5 Å². The van der Waals surface area contributed by atoms with Crippen LogP contribution in [0.1, 0.15) is 0 Å². The van der Waals surface area contributed by atoms with Crippen molar-refractivity contribution >= 4 is 76.5 Å². The molecule has 0 amide bonds. The first-order valence-corrected chi connectivity index (χ1v) is 16.6. The van der Waals surface area contributed by atoms with Gasteiger partial charge in [0.2, 0.25) is 11.7 Å². The zero-order valence-corrected chi connectivity index (χ0v) is 26.1. The molecule has 0 aliphatic heterocycles. The van der Waals surface area contributed by atoms with Crippen LogP contribution in [0.25, 0.3) is 110 Å². The molecular formula is C44H24N4O. The molecule has 0 atom stereocenters. The molecule has 4 heterocycles. The van der Waals surface area contributed by atoms with E-state index in [4.69, 9.17) is 14.4 Å². The number of aromatic nitrogens is 4. The second kappa shape index (κ2) is 9.00. The maximum absolute atomic E-state index is 6.45. The van der Waals surface area contributed by atoms with Crippen molar-refractivity contribution in [2.75, 3.05) is 0 Å². The first kappa shape index (κ1) is 25.4. The first-order valence-electron chi connectivity index (χ1n) is 16.6. The zero-order valence-electron chi connectivity index (χ0n) is 26.1. The highest BCUT2D eigenvalue weighted by Gasteiger charge is 2.28. The Morgan fingerprint density at radius 2 is 1.04 bits per heavy atom. The largest absolute Gasteiger partial charge is 0.437 e. The lowest BCUT2D eigenvalue weighted by Gasteiger charge is -2.11. The van der Waals surface area contributed by atoms with Gasteiger partial charge in [-0.3, -0.25) is 4.57 Å². The molecule has 0 fully saturated rings. The van der Waals surface area contributed by atoms with Gasteiger partial charge in [0.25, 0.3) is 0 Å². The van der Waals surface area contributed by atoms with Gasteiger partial charge < -0.3 is 8.98 Å².